The zero-order valence-electron chi connectivity index (χ0n) is 16.2. The van der Waals surface area contributed by atoms with Crippen molar-refractivity contribution in [3.8, 4) is 0 Å². The van der Waals surface area contributed by atoms with Gasteiger partial charge in [0, 0.05) is 31.2 Å². The molecule has 1 aliphatic heterocycles. The van der Waals surface area contributed by atoms with E-state index < -0.39 is 0 Å². The Bertz CT molecular complexity index is 746. The molecule has 1 aliphatic rings. The third-order valence-electron chi connectivity index (χ3n) is 5.52. The van der Waals surface area contributed by atoms with E-state index in [-0.39, 0.29) is 11.9 Å². The summed E-state index contributed by atoms with van der Waals surface area (Å²) in [5.41, 5.74) is 5.80. The number of likely N-dealkylation sites (tertiary alicyclic amines) is 1. The first-order valence-corrected chi connectivity index (χ1v) is 9.74. The maximum Gasteiger partial charge on any atom is 0.251 e. The molecule has 138 valence electrons. The number of amides is 1. The molecule has 0 aliphatic carbocycles. The first-order chi connectivity index (χ1) is 12.6. The quantitative estimate of drug-likeness (QED) is 0.874. The highest BCUT2D eigenvalue weighted by atomic mass is 16.1. The van der Waals surface area contributed by atoms with Crippen LogP contribution in [0.1, 0.15) is 52.4 Å². The highest BCUT2D eigenvalue weighted by Gasteiger charge is 2.22. The predicted octanol–water partition coefficient (Wildman–Crippen LogP) is 4.26. The van der Waals surface area contributed by atoms with Crippen LogP contribution in [0.25, 0.3) is 0 Å². The molecule has 3 rings (SSSR count). The standard InChI is InChI=1S/C23H30N2O/c1-4-20-14-17(2)18(3)15-22(20)23(26)24-21-10-12-25(13-11-21)16-19-8-6-5-7-9-19/h5-9,14-15,21H,4,10-13,16H2,1-3H3,(H,24,26). The minimum Gasteiger partial charge on any atom is -0.349 e. The van der Waals surface area contributed by atoms with Gasteiger partial charge in [0.05, 0.1) is 0 Å². The summed E-state index contributed by atoms with van der Waals surface area (Å²) in [6.45, 7) is 9.37. The van der Waals surface area contributed by atoms with Gasteiger partial charge in [0.2, 0.25) is 0 Å². The van der Waals surface area contributed by atoms with E-state index in [9.17, 15) is 4.79 Å². The van der Waals surface area contributed by atoms with Crippen molar-refractivity contribution >= 4 is 5.91 Å². The molecule has 1 N–H and O–H groups in total. The van der Waals surface area contributed by atoms with Crippen LogP contribution in [0.4, 0.5) is 0 Å². The van der Waals surface area contributed by atoms with Crippen molar-refractivity contribution < 1.29 is 4.79 Å². The van der Waals surface area contributed by atoms with Gasteiger partial charge in [-0.2, -0.15) is 0 Å². The van der Waals surface area contributed by atoms with Crippen LogP contribution in [0.3, 0.4) is 0 Å². The fourth-order valence-electron chi connectivity index (χ4n) is 3.72. The summed E-state index contributed by atoms with van der Waals surface area (Å²) >= 11 is 0. The summed E-state index contributed by atoms with van der Waals surface area (Å²) in [4.78, 5) is 15.3. The molecule has 1 heterocycles. The van der Waals surface area contributed by atoms with E-state index in [0.29, 0.717) is 0 Å². The van der Waals surface area contributed by atoms with Gasteiger partial charge in [-0.3, -0.25) is 9.69 Å². The van der Waals surface area contributed by atoms with E-state index in [4.69, 9.17) is 0 Å². The number of hydrogen-bond acceptors (Lipinski definition) is 2. The predicted molar refractivity (Wildman–Crippen MR) is 108 cm³/mol. The second kappa shape index (κ2) is 8.50. The van der Waals surface area contributed by atoms with Crippen LogP contribution in [0.5, 0.6) is 0 Å². The fraction of sp³-hybridized carbons (Fsp3) is 0.435. The Kier molecular flexibility index (Phi) is 6.10. The topological polar surface area (TPSA) is 32.3 Å². The van der Waals surface area contributed by atoms with Gasteiger partial charge in [-0.1, -0.05) is 43.3 Å². The number of nitrogens with one attached hydrogen (secondary N) is 1. The fourth-order valence-corrected chi connectivity index (χ4v) is 3.72. The Morgan fingerprint density at radius 3 is 2.38 bits per heavy atom. The van der Waals surface area contributed by atoms with E-state index in [1.54, 1.807) is 0 Å². The monoisotopic (exact) mass is 350 g/mol. The zero-order valence-corrected chi connectivity index (χ0v) is 16.2. The number of piperidine rings is 1. The Hall–Kier alpha value is -2.13. The minimum absolute atomic E-state index is 0.0893. The van der Waals surface area contributed by atoms with Gasteiger partial charge >= 0.3 is 0 Å². The van der Waals surface area contributed by atoms with Crippen molar-refractivity contribution in [3.63, 3.8) is 0 Å². The van der Waals surface area contributed by atoms with E-state index in [2.05, 4.69) is 67.4 Å². The van der Waals surface area contributed by atoms with Gasteiger partial charge in [0.1, 0.15) is 0 Å². The largest absolute Gasteiger partial charge is 0.349 e. The molecule has 2 aromatic rings. The van der Waals surface area contributed by atoms with Crippen LogP contribution >= 0.6 is 0 Å². The number of aryl methyl sites for hydroxylation is 3. The lowest BCUT2D eigenvalue weighted by molar-refractivity contribution is 0.0908. The number of carbonyl (C=O) groups is 1. The highest BCUT2D eigenvalue weighted by Crippen LogP contribution is 2.19. The number of nitrogens with zero attached hydrogens (tertiary/aromatic N) is 1. The van der Waals surface area contributed by atoms with Crippen molar-refractivity contribution in [2.75, 3.05) is 13.1 Å². The molecule has 3 heteroatoms. The molecule has 1 amide bonds. The van der Waals surface area contributed by atoms with Crippen LogP contribution in [0.15, 0.2) is 42.5 Å². The lowest BCUT2D eigenvalue weighted by Gasteiger charge is -2.32. The van der Waals surface area contributed by atoms with Gasteiger partial charge in [0.25, 0.3) is 5.91 Å². The van der Waals surface area contributed by atoms with Gasteiger partial charge in [-0.25, -0.2) is 0 Å². The van der Waals surface area contributed by atoms with Crippen molar-refractivity contribution in [1.29, 1.82) is 0 Å². The van der Waals surface area contributed by atoms with Crippen LogP contribution in [0, 0.1) is 13.8 Å². The van der Waals surface area contributed by atoms with Crippen LogP contribution in [-0.4, -0.2) is 29.9 Å². The molecule has 0 aromatic heterocycles. The average molecular weight is 351 g/mol. The average Bonchev–Trinajstić information content (AvgIpc) is 2.66. The Morgan fingerprint density at radius 2 is 1.73 bits per heavy atom. The Balaban J connectivity index is 1.56. The van der Waals surface area contributed by atoms with Crippen LogP contribution in [-0.2, 0) is 13.0 Å². The SMILES string of the molecule is CCc1cc(C)c(C)cc1C(=O)NC1CCN(Cc2ccccc2)CC1. The molecule has 0 radical (unpaired) electrons. The molecule has 0 unspecified atom stereocenters. The lowest BCUT2D eigenvalue weighted by Crippen LogP contribution is -2.44. The molecular weight excluding hydrogens is 320 g/mol. The summed E-state index contributed by atoms with van der Waals surface area (Å²) in [6.07, 6.45) is 2.93. The molecule has 1 saturated heterocycles. The summed E-state index contributed by atoms with van der Waals surface area (Å²) in [5.74, 6) is 0.0893. The summed E-state index contributed by atoms with van der Waals surface area (Å²) in [7, 11) is 0. The van der Waals surface area contributed by atoms with Crippen LogP contribution < -0.4 is 5.32 Å². The molecule has 3 nitrogen and oxygen atoms in total. The molecule has 1 fully saturated rings. The molecule has 0 saturated carbocycles. The maximum absolute atomic E-state index is 12.8. The van der Waals surface area contributed by atoms with Crippen molar-refractivity contribution in [3.05, 3.63) is 70.3 Å². The van der Waals surface area contributed by atoms with Gasteiger partial charge in [0.15, 0.2) is 0 Å². The van der Waals surface area contributed by atoms with E-state index in [1.807, 2.05) is 6.07 Å². The first kappa shape index (κ1) is 18.7. The smallest absolute Gasteiger partial charge is 0.251 e. The van der Waals surface area contributed by atoms with Crippen molar-refractivity contribution in [1.82, 2.24) is 10.2 Å². The van der Waals surface area contributed by atoms with Gasteiger partial charge < -0.3 is 5.32 Å². The van der Waals surface area contributed by atoms with Gasteiger partial charge in [-0.15, -0.1) is 0 Å². The lowest BCUT2D eigenvalue weighted by atomic mass is 9.97. The second-order valence-electron chi connectivity index (χ2n) is 7.46. The van der Waals surface area contributed by atoms with E-state index in [1.165, 1.54) is 16.7 Å². The first-order valence-electron chi connectivity index (χ1n) is 9.74. The number of rotatable bonds is 5. The van der Waals surface area contributed by atoms with Crippen LogP contribution in [0.2, 0.25) is 0 Å². The van der Waals surface area contributed by atoms with Crippen molar-refractivity contribution in [2.45, 2.75) is 52.6 Å². The third-order valence-corrected chi connectivity index (χ3v) is 5.52. The number of hydrogen-bond donors (Lipinski definition) is 1. The second-order valence-corrected chi connectivity index (χ2v) is 7.46. The van der Waals surface area contributed by atoms with E-state index in [0.717, 1.165) is 50.0 Å². The Morgan fingerprint density at radius 1 is 1.08 bits per heavy atom. The molecule has 26 heavy (non-hydrogen) atoms. The zero-order chi connectivity index (χ0) is 18.5. The number of carbonyl (C=O) groups excluding carboxylic acids is 1. The van der Waals surface area contributed by atoms with Crippen molar-refractivity contribution in [2.24, 2.45) is 0 Å². The highest BCUT2D eigenvalue weighted by molar-refractivity contribution is 5.96. The van der Waals surface area contributed by atoms with E-state index >= 15 is 0 Å². The normalized spacial score (nSPS) is 15.8. The molecular formula is C23H30N2O. The molecule has 0 spiro atoms. The summed E-state index contributed by atoms with van der Waals surface area (Å²) in [6, 6.07) is 15.1. The molecule has 0 atom stereocenters. The molecule has 0 bridgehead atoms. The maximum atomic E-state index is 12.8. The molecule has 2 aromatic carbocycles. The summed E-state index contributed by atoms with van der Waals surface area (Å²) < 4.78 is 0. The Labute approximate surface area is 157 Å². The summed E-state index contributed by atoms with van der Waals surface area (Å²) in [5, 5.41) is 3.28. The third kappa shape index (κ3) is 4.53. The van der Waals surface area contributed by atoms with Gasteiger partial charge in [-0.05, 0) is 61.4 Å². The minimum atomic E-state index is 0.0893. The number of benzene rings is 2.